The molecule has 7 nitrogen and oxygen atoms in total. The van der Waals surface area contributed by atoms with Crippen molar-refractivity contribution in [3.05, 3.63) is 29.8 Å². The van der Waals surface area contributed by atoms with Crippen molar-refractivity contribution in [2.24, 2.45) is 0 Å². The average molecular weight is 334 g/mol. The number of hydrogen-bond donors (Lipinski definition) is 1. The predicted molar refractivity (Wildman–Crippen MR) is 85.5 cm³/mol. The van der Waals surface area contributed by atoms with Crippen molar-refractivity contribution in [2.75, 3.05) is 26.8 Å². The Balaban J connectivity index is 1.45. The summed E-state index contributed by atoms with van der Waals surface area (Å²) >= 11 is 0. The molecule has 0 aromatic heterocycles. The van der Waals surface area contributed by atoms with Gasteiger partial charge in [-0.15, -0.1) is 0 Å². The monoisotopic (exact) mass is 334 g/mol. The van der Waals surface area contributed by atoms with Crippen LogP contribution in [0, 0.1) is 0 Å². The highest BCUT2D eigenvalue weighted by Gasteiger charge is 2.47. The summed E-state index contributed by atoms with van der Waals surface area (Å²) in [6.07, 6.45) is 0.686. The number of aliphatic hydroxyl groups is 1. The molecule has 3 rings (SSSR count). The van der Waals surface area contributed by atoms with E-state index in [9.17, 15) is 14.7 Å². The number of carbonyl (C=O) groups is 2. The van der Waals surface area contributed by atoms with Gasteiger partial charge in [-0.05, 0) is 30.5 Å². The minimum absolute atomic E-state index is 0.0206. The number of imide groups is 1. The number of carbonyl (C=O) groups excluding carboxylic acids is 2. The first kappa shape index (κ1) is 16.7. The van der Waals surface area contributed by atoms with E-state index in [2.05, 4.69) is 0 Å². The fourth-order valence-electron chi connectivity index (χ4n) is 3.15. The van der Waals surface area contributed by atoms with Gasteiger partial charge in [-0.25, -0.2) is 4.79 Å². The Morgan fingerprint density at radius 3 is 2.71 bits per heavy atom. The van der Waals surface area contributed by atoms with Crippen molar-refractivity contribution in [3.8, 4) is 5.75 Å². The van der Waals surface area contributed by atoms with Crippen molar-refractivity contribution in [1.29, 1.82) is 0 Å². The summed E-state index contributed by atoms with van der Waals surface area (Å²) in [7, 11) is 1.60. The lowest BCUT2D eigenvalue weighted by atomic mass is 10.2. The van der Waals surface area contributed by atoms with E-state index in [4.69, 9.17) is 9.47 Å². The van der Waals surface area contributed by atoms with Crippen LogP contribution in [0.5, 0.6) is 5.75 Å². The summed E-state index contributed by atoms with van der Waals surface area (Å²) in [5.74, 6) is 0.567. The Hall–Kier alpha value is -2.12. The lowest BCUT2D eigenvalue weighted by Gasteiger charge is -2.19. The third-order valence-electron chi connectivity index (χ3n) is 4.41. The van der Waals surface area contributed by atoms with Crippen molar-refractivity contribution in [2.45, 2.75) is 31.6 Å². The SMILES string of the molecule is COc1ccc(COCC(O)CN2C(=O)C3CCCN3C2=O)cc1. The number of β-amino-alcohol motifs (C(OH)–C–C–N with tert-alkyl or cyclic N) is 1. The third kappa shape index (κ3) is 3.37. The van der Waals surface area contributed by atoms with Gasteiger partial charge in [0.15, 0.2) is 0 Å². The summed E-state index contributed by atoms with van der Waals surface area (Å²) in [6.45, 7) is 1.01. The predicted octanol–water partition coefficient (Wildman–Crippen LogP) is 0.999. The van der Waals surface area contributed by atoms with E-state index in [0.29, 0.717) is 19.6 Å². The highest BCUT2D eigenvalue weighted by Crippen LogP contribution is 2.27. The van der Waals surface area contributed by atoms with Gasteiger partial charge >= 0.3 is 6.03 Å². The van der Waals surface area contributed by atoms with Gasteiger partial charge < -0.3 is 19.5 Å². The maximum Gasteiger partial charge on any atom is 0.327 e. The molecule has 1 aromatic rings. The summed E-state index contributed by atoms with van der Waals surface area (Å²) < 4.78 is 10.6. The first-order chi connectivity index (χ1) is 11.6. The van der Waals surface area contributed by atoms with Gasteiger partial charge in [0, 0.05) is 6.54 Å². The number of amides is 3. The zero-order chi connectivity index (χ0) is 17.1. The fraction of sp³-hybridized carbons (Fsp3) is 0.529. The van der Waals surface area contributed by atoms with Crippen LogP contribution in [0.4, 0.5) is 4.79 Å². The second-order valence-corrected chi connectivity index (χ2v) is 6.10. The average Bonchev–Trinajstić information content (AvgIpc) is 3.15. The number of hydrogen-bond acceptors (Lipinski definition) is 5. The first-order valence-electron chi connectivity index (χ1n) is 8.11. The number of methoxy groups -OCH3 is 1. The molecule has 0 bridgehead atoms. The molecule has 1 N–H and O–H groups in total. The second kappa shape index (κ2) is 7.19. The molecule has 3 amide bonds. The summed E-state index contributed by atoms with van der Waals surface area (Å²) in [4.78, 5) is 27.1. The van der Waals surface area contributed by atoms with E-state index in [0.717, 1.165) is 22.6 Å². The van der Waals surface area contributed by atoms with Gasteiger partial charge in [-0.2, -0.15) is 0 Å². The summed E-state index contributed by atoms with van der Waals surface area (Å²) in [5.41, 5.74) is 0.956. The second-order valence-electron chi connectivity index (χ2n) is 6.10. The van der Waals surface area contributed by atoms with Crippen LogP contribution in [0.15, 0.2) is 24.3 Å². The van der Waals surface area contributed by atoms with E-state index in [1.54, 1.807) is 12.0 Å². The zero-order valence-corrected chi connectivity index (χ0v) is 13.7. The lowest BCUT2D eigenvalue weighted by molar-refractivity contribution is -0.129. The van der Waals surface area contributed by atoms with Gasteiger partial charge in [0.25, 0.3) is 5.91 Å². The van der Waals surface area contributed by atoms with Crippen molar-refractivity contribution < 1.29 is 24.2 Å². The van der Waals surface area contributed by atoms with Gasteiger partial charge in [-0.3, -0.25) is 9.69 Å². The molecule has 0 spiro atoms. The standard InChI is InChI=1S/C17H22N2O5/c1-23-14-6-4-12(5-7-14)10-24-11-13(20)9-19-16(21)15-3-2-8-18(15)17(19)22/h4-7,13,15,20H,2-3,8-11H2,1H3. The molecule has 0 saturated carbocycles. The van der Waals surface area contributed by atoms with Gasteiger partial charge in [-0.1, -0.05) is 12.1 Å². The number of benzene rings is 1. The molecule has 0 aliphatic carbocycles. The van der Waals surface area contributed by atoms with Crippen LogP contribution in [0.1, 0.15) is 18.4 Å². The van der Waals surface area contributed by atoms with E-state index in [1.165, 1.54) is 0 Å². The van der Waals surface area contributed by atoms with Crippen LogP contribution in [0.25, 0.3) is 0 Å². The quantitative estimate of drug-likeness (QED) is 0.753. The molecule has 24 heavy (non-hydrogen) atoms. The van der Waals surface area contributed by atoms with E-state index < -0.39 is 6.10 Å². The molecular weight excluding hydrogens is 312 g/mol. The molecule has 2 unspecified atom stereocenters. The fourth-order valence-corrected chi connectivity index (χ4v) is 3.15. The van der Waals surface area contributed by atoms with Crippen molar-refractivity contribution in [1.82, 2.24) is 9.80 Å². The number of rotatable bonds is 7. The minimum Gasteiger partial charge on any atom is -0.497 e. The Morgan fingerprint density at radius 1 is 1.29 bits per heavy atom. The topological polar surface area (TPSA) is 79.3 Å². The van der Waals surface area contributed by atoms with E-state index in [1.807, 2.05) is 24.3 Å². The van der Waals surface area contributed by atoms with Crippen molar-refractivity contribution >= 4 is 11.9 Å². The van der Waals surface area contributed by atoms with Crippen molar-refractivity contribution in [3.63, 3.8) is 0 Å². The number of urea groups is 1. The Labute approximate surface area is 140 Å². The van der Waals surface area contributed by atoms with Gasteiger partial charge in [0.2, 0.25) is 0 Å². The third-order valence-corrected chi connectivity index (χ3v) is 4.41. The maximum atomic E-state index is 12.2. The Bertz CT molecular complexity index is 582. The molecular formula is C17H22N2O5. The van der Waals surface area contributed by atoms with Gasteiger partial charge in [0.1, 0.15) is 11.8 Å². The van der Waals surface area contributed by atoms with Gasteiger partial charge in [0.05, 0.1) is 33.0 Å². The molecule has 2 heterocycles. The minimum atomic E-state index is -0.892. The first-order valence-corrected chi connectivity index (χ1v) is 8.11. The number of fused-ring (bicyclic) bond motifs is 1. The van der Waals surface area contributed by atoms with Crippen LogP contribution < -0.4 is 4.74 Å². The highest BCUT2D eigenvalue weighted by molar-refractivity contribution is 6.04. The molecule has 2 fully saturated rings. The van der Waals surface area contributed by atoms with E-state index >= 15 is 0 Å². The molecule has 0 radical (unpaired) electrons. The number of nitrogens with zero attached hydrogens (tertiary/aromatic N) is 2. The number of ether oxygens (including phenoxy) is 2. The molecule has 2 aliphatic rings. The highest BCUT2D eigenvalue weighted by atomic mass is 16.5. The van der Waals surface area contributed by atoms with Crippen LogP contribution in [0.2, 0.25) is 0 Å². The lowest BCUT2D eigenvalue weighted by Crippen LogP contribution is -2.40. The normalized spacial score (nSPS) is 21.3. The Morgan fingerprint density at radius 2 is 2.04 bits per heavy atom. The van der Waals surface area contributed by atoms with Crippen LogP contribution >= 0.6 is 0 Å². The molecule has 130 valence electrons. The summed E-state index contributed by atoms with van der Waals surface area (Å²) in [6, 6.07) is 6.82. The molecule has 2 atom stereocenters. The van der Waals surface area contributed by atoms with Crippen LogP contribution in [0.3, 0.4) is 0 Å². The maximum absolute atomic E-state index is 12.2. The molecule has 2 aliphatic heterocycles. The smallest absolute Gasteiger partial charge is 0.327 e. The molecule has 1 aromatic carbocycles. The van der Waals surface area contributed by atoms with Crippen LogP contribution in [-0.2, 0) is 16.1 Å². The summed E-state index contributed by atoms with van der Waals surface area (Å²) in [5, 5.41) is 10.1. The zero-order valence-electron chi connectivity index (χ0n) is 13.7. The van der Waals surface area contributed by atoms with E-state index in [-0.39, 0.29) is 31.1 Å². The number of aliphatic hydroxyl groups excluding tert-OH is 1. The largest absolute Gasteiger partial charge is 0.497 e. The Kier molecular flexibility index (Phi) is 5.01. The van der Waals surface area contributed by atoms with Crippen LogP contribution in [-0.4, -0.2) is 65.8 Å². The molecule has 2 saturated heterocycles. The molecule has 7 heteroatoms.